The fourth-order valence-electron chi connectivity index (χ4n) is 4.33. The molecule has 2 heterocycles. The van der Waals surface area contributed by atoms with Crippen molar-refractivity contribution in [3.63, 3.8) is 0 Å². The number of Topliss-reactive ketones (excluding diaryl/α,β-unsaturated/α-hetero) is 1. The van der Waals surface area contributed by atoms with Gasteiger partial charge in [-0.2, -0.15) is 0 Å². The molecule has 1 aromatic rings. The monoisotopic (exact) mass is 273 g/mol. The first-order chi connectivity index (χ1) is 9.74. The number of aryl methyl sites for hydroxylation is 1. The second kappa shape index (κ2) is 4.73. The van der Waals surface area contributed by atoms with E-state index in [1.165, 1.54) is 44.1 Å². The van der Waals surface area contributed by atoms with Crippen molar-refractivity contribution in [3.05, 3.63) is 23.5 Å². The molecule has 1 aliphatic heterocycles. The Morgan fingerprint density at radius 1 is 1.15 bits per heavy atom. The molecule has 0 amide bonds. The number of nitrogens with zero attached hydrogens (tertiary/aromatic N) is 1. The number of carbonyl (C=O) groups is 1. The van der Waals surface area contributed by atoms with Crippen LogP contribution in [-0.4, -0.2) is 22.1 Å². The Kier molecular flexibility index (Phi) is 2.99. The number of fused-ring (bicyclic) bond motifs is 1. The highest BCUT2D eigenvalue weighted by Gasteiger charge is 2.42. The summed E-state index contributed by atoms with van der Waals surface area (Å²) in [6.45, 7) is 0.919. The molecule has 3 aliphatic rings. The number of hydrogen-bond donors (Lipinski definition) is 0. The van der Waals surface area contributed by atoms with Crippen LogP contribution in [0.3, 0.4) is 0 Å². The minimum atomic E-state index is 0.216. The molecule has 0 radical (unpaired) electrons. The van der Waals surface area contributed by atoms with Gasteiger partial charge in [0.05, 0.1) is 11.7 Å². The van der Waals surface area contributed by atoms with Crippen LogP contribution in [0.4, 0.5) is 0 Å². The van der Waals surface area contributed by atoms with E-state index in [1.54, 1.807) is 0 Å². The van der Waals surface area contributed by atoms with Crippen LogP contribution in [0.15, 0.2) is 12.4 Å². The number of ether oxygens (including phenoxy) is 1. The number of carbonyl (C=O) groups excluding carboxylic acids is 1. The predicted octanol–water partition coefficient (Wildman–Crippen LogP) is 3.50. The Bertz CT molecular complexity index is 525. The highest BCUT2D eigenvalue weighted by Crippen LogP contribution is 2.43. The molecule has 1 saturated heterocycles. The standard InChI is InChI=1S/C17H23NO2/c19-16-5-3-4-13-10-18(12-15(13)16)11-14-6-9-17(20-14)7-1-2-8-17/h10,12,14H,1-9,11H2. The van der Waals surface area contributed by atoms with Gasteiger partial charge >= 0.3 is 0 Å². The van der Waals surface area contributed by atoms with Gasteiger partial charge < -0.3 is 9.30 Å². The van der Waals surface area contributed by atoms with Gasteiger partial charge in [0, 0.05) is 30.9 Å². The number of hydrogen-bond acceptors (Lipinski definition) is 2. The molecule has 1 aromatic heterocycles. The van der Waals surface area contributed by atoms with Crippen molar-refractivity contribution in [3.8, 4) is 0 Å². The topological polar surface area (TPSA) is 31.2 Å². The average molecular weight is 273 g/mol. The van der Waals surface area contributed by atoms with E-state index in [-0.39, 0.29) is 5.60 Å². The SMILES string of the molecule is O=C1CCCc2cn(CC3CCC4(CCCC4)O3)cc21. The van der Waals surface area contributed by atoms with Crippen LogP contribution in [0.5, 0.6) is 0 Å². The Hall–Kier alpha value is -1.09. The minimum Gasteiger partial charge on any atom is -0.370 e. The summed E-state index contributed by atoms with van der Waals surface area (Å²) < 4.78 is 8.57. The van der Waals surface area contributed by atoms with E-state index >= 15 is 0 Å². The predicted molar refractivity (Wildman–Crippen MR) is 77.0 cm³/mol. The van der Waals surface area contributed by atoms with Crippen LogP contribution in [0, 0.1) is 0 Å². The van der Waals surface area contributed by atoms with Gasteiger partial charge in [-0.25, -0.2) is 0 Å². The van der Waals surface area contributed by atoms with Crippen LogP contribution in [0.25, 0.3) is 0 Å². The van der Waals surface area contributed by atoms with Gasteiger partial charge in [0.1, 0.15) is 0 Å². The van der Waals surface area contributed by atoms with Crippen LogP contribution in [0.2, 0.25) is 0 Å². The smallest absolute Gasteiger partial charge is 0.164 e. The summed E-state index contributed by atoms with van der Waals surface area (Å²) in [6, 6.07) is 0. The summed E-state index contributed by atoms with van der Waals surface area (Å²) >= 11 is 0. The lowest BCUT2D eigenvalue weighted by Crippen LogP contribution is -2.26. The Balaban J connectivity index is 1.46. The highest BCUT2D eigenvalue weighted by atomic mass is 16.5. The zero-order valence-electron chi connectivity index (χ0n) is 12.1. The van der Waals surface area contributed by atoms with Gasteiger partial charge in [0.15, 0.2) is 5.78 Å². The molecule has 1 saturated carbocycles. The van der Waals surface area contributed by atoms with Crippen LogP contribution >= 0.6 is 0 Å². The van der Waals surface area contributed by atoms with Crippen molar-refractivity contribution in [2.45, 2.75) is 76.0 Å². The van der Waals surface area contributed by atoms with E-state index in [0.29, 0.717) is 11.9 Å². The quantitative estimate of drug-likeness (QED) is 0.826. The highest BCUT2D eigenvalue weighted by molar-refractivity contribution is 5.98. The van der Waals surface area contributed by atoms with Crippen LogP contribution in [-0.2, 0) is 17.7 Å². The number of rotatable bonds is 2. The Labute approximate surface area is 120 Å². The first-order valence-corrected chi connectivity index (χ1v) is 8.14. The van der Waals surface area contributed by atoms with E-state index in [1.807, 2.05) is 0 Å². The third kappa shape index (κ3) is 2.12. The van der Waals surface area contributed by atoms with E-state index in [0.717, 1.165) is 31.4 Å². The van der Waals surface area contributed by atoms with Crippen LogP contribution < -0.4 is 0 Å². The van der Waals surface area contributed by atoms with Crippen molar-refractivity contribution in [2.24, 2.45) is 0 Å². The number of aromatic nitrogens is 1. The molecule has 1 spiro atoms. The van der Waals surface area contributed by atoms with Gasteiger partial charge in [0.2, 0.25) is 0 Å². The fourth-order valence-corrected chi connectivity index (χ4v) is 4.33. The lowest BCUT2D eigenvalue weighted by Gasteiger charge is -2.24. The normalized spacial score (nSPS) is 28.2. The van der Waals surface area contributed by atoms with E-state index < -0.39 is 0 Å². The maximum atomic E-state index is 11.9. The molecule has 0 N–H and O–H groups in total. The first-order valence-electron chi connectivity index (χ1n) is 8.14. The molecular weight excluding hydrogens is 250 g/mol. The fraction of sp³-hybridized carbons (Fsp3) is 0.706. The first kappa shape index (κ1) is 12.6. The van der Waals surface area contributed by atoms with Crippen molar-refractivity contribution in [1.82, 2.24) is 4.57 Å². The maximum absolute atomic E-state index is 11.9. The molecule has 3 heteroatoms. The molecule has 2 aliphatic carbocycles. The second-order valence-corrected chi connectivity index (χ2v) is 6.84. The Morgan fingerprint density at radius 3 is 2.80 bits per heavy atom. The molecule has 0 aromatic carbocycles. The van der Waals surface area contributed by atoms with Gasteiger partial charge in [-0.15, -0.1) is 0 Å². The molecule has 1 atom stereocenters. The van der Waals surface area contributed by atoms with Crippen molar-refractivity contribution < 1.29 is 9.53 Å². The van der Waals surface area contributed by atoms with Crippen molar-refractivity contribution >= 4 is 5.78 Å². The average Bonchev–Trinajstić information content (AvgIpc) is 3.13. The molecule has 0 bridgehead atoms. The minimum absolute atomic E-state index is 0.216. The molecule has 4 rings (SSSR count). The Morgan fingerprint density at radius 2 is 2.00 bits per heavy atom. The lowest BCUT2D eigenvalue weighted by atomic mass is 9.95. The van der Waals surface area contributed by atoms with Gasteiger partial charge in [0.25, 0.3) is 0 Å². The summed E-state index contributed by atoms with van der Waals surface area (Å²) in [5.74, 6) is 0.324. The second-order valence-electron chi connectivity index (χ2n) is 6.84. The third-order valence-corrected chi connectivity index (χ3v) is 5.38. The number of ketones is 1. The van der Waals surface area contributed by atoms with Crippen molar-refractivity contribution in [1.29, 1.82) is 0 Å². The lowest BCUT2D eigenvalue weighted by molar-refractivity contribution is -0.0417. The van der Waals surface area contributed by atoms with E-state index in [4.69, 9.17) is 4.74 Å². The molecule has 2 fully saturated rings. The molecular formula is C17H23NO2. The summed E-state index contributed by atoms with van der Waals surface area (Å²) in [4.78, 5) is 11.9. The van der Waals surface area contributed by atoms with Crippen molar-refractivity contribution in [2.75, 3.05) is 0 Å². The zero-order chi connectivity index (χ0) is 13.6. The van der Waals surface area contributed by atoms with E-state index in [9.17, 15) is 4.79 Å². The molecule has 108 valence electrons. The molecule has 20 heavy (non-hydrogen) atoms. The summed E-state index contributed by atoms with van der Waals surface area (Å²) in [5, 5.41) is 0. The molecule has 1 unspecified atom stereocenters. The maximum Gasteiger partial charge on any atom is 0.164 e. The van der Waals surface area contributed by atoms with Gasteiger partial charge in [-0.05, 0) is 44.1 Å². The van der Waals surface area contributed by atoms with Gasteiger partial charge in [-0.1, -0.05) is 12.8 Å². The molecule has 3 nitrogen and oxygen atoms in total. The van der Waals surface area contributed by atoms with Gasteiger partial charge in [-0.3, -0.25) is 4.79 Å². The summed E-state index contributed by atoms with van der Waals surface area (Å²) in [7, 11) is 0. The third-order valence-electron chi connectivity index (χ3n) is 5.38. The summed E-state index contributed by atoms with van der Waals surface area (Å²) in [5.41, 5.74) is 2.42. The van der Waals surface area contributed by atoms with Crippen LogP contribution in [0.1, 0.15) is 67.3 Å². The zero-order valence-corrected chi connectivity index (χ0v) is 12.1. The summed E-state index contributed by atoms with van der Waals surface area (Å²) in [6.07, 6.45) is 15.0. The van der Waals surface area contributed by atoms with E-state index in [2.05, 4.69) is 17.0 Å². The largest absolute Gasteiger partial charge is 0.370 e.